The molecule has 2 heterocycles. The lowest BCUT2D eigenvalue weighted by atomic mass is 9.83. The number of rotatable bonds is 6. The summed E-state index contributed by atoms with van der Waals surface area (Å²) in [5.41, 5.74) is 3.33. The van der Waals surface area contributed by atoms with Gasteiger partial charge in [0.05, 0.1) is 11.6 Å². The predicted octanol–water partition coefficient (Wildman–Crippen LogP) is 5.69. The van der Waals surface area contributed by atoms with Crippen LogP contribution in [0, 0.1) is 5.92 Å². The third-order valence-corrected chi connectivity index (χ3v) is 11.2. The molecule has 0 amide bonds. The maximum absolute atomic E-state index is 6.58. The highest BCUT2D eigenvalue weighted by Crippen LogP contribution is 2.43. The highest BCUT2D eigenvalue weighted by Gasteiger charge is 2.47. The van der Waals surface area contributed by atoms with Crippen molar-refractivity contribution in [1.82, 2.24) is 5.48 Å². The Kier molecular flexibility index (Phi) is 6.03. The van der Waals surface area contributed by atoms with E-state index in [1.54, 1.807) is 0 Å². The van der Waals surface area contributed by atoms with Crippen molar-refractivity contribution in [3.05, 3.63) is 22.4 Å². The standard InChI is InChI=1S/C19H35NO2SSi/c1-14(2)12-19(17-10-9-11-23-17)13-16(21-20-19)15(3)22-24(7,8)18(4,5)6/h9-11,14-16,20H,12-13H2,1-8H3/t15-,16?,19-/m1/s1. The maximum Gasteiger partial charge on any atom is 0.192 e. The second-order valence-electron chi connectivity index (χ2n) is 9.20. The van der Waals surface area contributed by atoms with Gasteiger partial charge in [-0.25, -0.2) is 0 Å². The van der Waals surface area contributed by atoms with E-state index >= 15 is 0 Å². The summed E-state index contributed by atoms with van der Waals surface area (Å²) in [7, 11) is -1.79. The molecular formula is C19H35NO2SSi. The molecule has 1 aromatic rings. The Morgan fingerprint density at radius 2 is 2.04 bits per heavy atom. The summed E-state index contributed by atoms with van der Waals surface area (Å²) in [4.78, 5) is 7.44. The largest absolute Gasteiger partial charge is 0.411 e. The molecular weight excluding hydrogens is 334 g/mol. The lowest BCUT2D eigenvalue weighted by molar-refractivity contribution is -0.0418. The molecule has 0 saturated carbocycles. The van der Waals surface area contributed by atoms with Gasteiger partial charge in [0.2, 0.25) is 0 Å². The molecule has 3 atom stereocenters. The fourth-order valence-corrected chi connectivity index (χ4v) is 5.55. The minimum atomic E-state index is -1.79. The van der Waals surface area contributed by atoms with E-state index in [-0.39, 0.29) is 22.8 Å². The molecule has 0 aromatic carbocycles. The van der Waals surface area contributed by atoms with E-state index in [1.165, 1.54) is 4.88 Å². The Morgan fingerprint density at radius 3 is 2.54 bits per heavy atom. The van der Waals surface area contributed by atoms with Gasteiger partial charge in [-0.3, -0.25) is 4.84 Å². The van der Waals surface area contributed by atoms with Crippen LogP contribution in [0.15, 0.2) is 17.5 Å². The molecule has 1 aliphatic rings. The van der Waals surface area contributed by atoms with Crippen molar-refractivity contribution in [2.45, 2.75) is 90.3 Å². The van der Waals surface area contributed by atoms with Crippen molar-refractivity contribution in [3.63, 3.8) is 0 Å². The van der Waals surface area contributed by atoms with Crippen molar-refractivity contribution in [3.8, 4) is 0 Å². The van der Waals surface area contributed by atoms with Crippen molar-refractivity contribution in [2.24, 2.45) is 5.92 Å². The van der Waals surface area contributed by atoms with Crippen LogP contribution in [0.2, 0.25) is 18.1 Å². The lowest BCUT2D eigenvalue weighted by Gasteiger charge is -2.39. The summed E-state index contributed by atoms with van der Waals surface area (Å²) in [5.74, 6) is 0.610. The van der Waals surface area contributed by atoms with Gasteiger partial charge in [0.1, 0.15) is 6.10 Å². The zero-order valence-electron chi connectivity index (χ0n) is 16.6. The first-order valence-corrected chi connectivity index (χ1v) is 12.9. The van der Waals surface area contributed by atoms with E-state index in [4.69, 9.17) is 9.26 Å². The molecule has 138 valence electrons. The van der Waals surface area contributed by atoms with E-state index in [1.807, 2.05) is 11.3 Å². The van der Waals surface area contributed by atoms with Crippen LogP contribution in [-0.2, 0) is 14.8 Å². The summed E-state index contributed by atoms with van der Waals surface area (Å²) in [6.45, 7) is 18.2. The SMILES string of the molecule is CC(C)C[C@]1(c2cccs2)CC([C@@H](C)O[Si](C)(C)C(C)(C)C)ON1. The first kappa shape index (κ1) is 20.1. The monoisotopic (exact) mass is 369 g/mol. The van der Waals surface area contributed by atoms with E-state index in [0.717, 1.165) is 12.8 Å². The molecule has 0 aliphatic carbocycles. The van der Waals surface area contributed by atoms with Gasteiger partial charge in [-0.15, -0.1) is 11.3 Å². The van der Waals surface area contributed by atoms with Gasteiger partial charge < -0.3 is 4.43 Å². The molecule has 2 rings (SSSR count). The average molecular weight is 370 g/mol. The summed E-state index contributed by atoms with van der Waals surface area (Å²) in [5, 5.41) is 2.37. The van der Waals surface area contributed by atoms with Gasteiger partial charge in [-0.1, -0.05) is 40.7 Å². The van der Waals surface area contributed by atoms with Crippen LogP contribution in [0.25, 0.3) is 0 Å². The molecule has 1 saturated heterocycles. The number of hydrogen-bond acceptors (Lipinski definition) is 4. The lowest BCUT2D eigenvalue weighted by Crippen LogP contribution is -2.46. The smallest absolute Gasteiger partial charge is 0.192 e. The van der Waals surface area contributed by atoms with Gasteiger partial charge >= 0.3 is 0 Å². The van der Waals surface area contributed by atoms with Crippen LogP contribution >= 0.6 is 11.3 Å². The van der Waals surface area contributed by atoms with Crippen LogP contribution in [0.4, 0.5) is 0 Å². The highest BCUT2D eigenvalue weighted by atomic mass is 32.1. The summed E-state index contributed by atoms with van der Waals surface area (Å²) in [6.07, 6.45) is 2.26. The summed E-state index contributed by atoms with van der Waals surface area (Å²) in [6, 6.07) is 4.36. The van der Waals surface area contributed by atoms with Crippen LogP contribution in [0.1, 0.15) is 59.3 Å². The molecule has 1 unspecified atom stereocenters. The summed E-state index contributed by atoms with van der Waals surface area (Å²) < 4.78 is 6.58. The van der Waals surface area contributed by atoms with E-state index in [2.05, 4.69) is 77.6 Å². The molecule has 1 N–H and O–H groups in total. The molecule has 3 nitrogen and oxygen atoms in total. The third kappa shape index (κ3) is 4.30. The molecule has 1 aromatic heterocycles. The van der Waals surface area contributed by atoms with Gasteiger partial charge in [-0.2, -0.15) is 5.48 Å². The Labute approximate surface area is 153 Å². The zero-order valence-corrected chi connectivity index (χ0v) is 18.4. The van der Waals surface area contributed by atoms with E-state index < -0.39 is 8.32 Å². The van der Waals surface area contributed by atoms with Crippen LogP contribution in [0.3, 0.4) is 0 Å². The molecule has 0 bridgehead atoms. The first-order chi connectivity index (χ1) is 11.0. The van der Waals surface area contributed by atoms with Crippen molar-refractivity contribution >= 4 is 19.7 Å². The molecule has 1 fully saturated rings. The van der Waals surface area contributed by atoms with Crippen LogP contribution < -0.4 is 5.48 Å². The van der Waals surface area contributed by atoms with Crippen molar-refractivity contribution < 1.29 is 9.26 Å². The first-order valence-electron chi connectivity index (χ1n) is 9.11. The van der Waals surface area contributed by atoms with Gasteiger partial charge in [0, 0.05) is 11.3 Å². The predicted molar refractivity (Wildman–Crippen MR) is 106 cm³/mol. The fourth-order valence-electron chi connectivity index (χ4n) is 3.22. The number of thiophene rings is 1. The second kappa shape index (κ2) is 7.20. The van der Waals surface area contributed by atoms with Gasteiger partial charge in [0.25, 0.3) is 0 Å². The Bertz CT molecular complexity index is 524. The maximum atomic E-state index is 6.58. The van der Waals surface area contributed by atoms with Gasteiger partial charge in [0.15, 0.2) is 8.32 Å². The molecule has 0 radical (unpaired) electrons. The summed E-state index contributed by atoms with van der Waals surface area (Å²) >= 11 is 1.82. The average Bonchev–Trinajstić information content (AvgIpc) is 3.05. The third-order valence-electron chi connectivity index (χ3n) is 5.52. The van der Waals surface area contributed by atoms with E-state index in [0.29, 0.717) is 5.92 Å². The number of hydrogen-bond donors (Lipinski definition) is 1. The number of nitrogens with one attached hydrogen (secondary N) is 1. The Balaban J connectivity index is 2.12. The highest BCUT2D eigenvalue weighted by molar-refractivity contribution is 7.10. The normalized spacial score (nSPS) is 27.0. The van der Waals surface area contributed by atoms with E-state index in [9.17, 15) is 0 Å². The molecule has 5 heteroatoms. The fraction of sp³-hybridized carbons (Fsp3) is 0.789. The zero-order chi connectivity index (χ0) is 18.2. The minimum Gasteiger partial charge on any atom is -0.411 e. The van der Waals surface area contributed by atoms with Crippen LogP contribution in [-0.4, -0.2) is 20.5 Å². The van der Waals surface area contributed by atoms with Crippen molar-refractivity contribution in [1.29, 1.82) is 0 Å². The Morgan fingerprint density at radius 1 is 1.38 bits per heavy atom. The van der Waals surface area contributed by atoms with Crippen molar-refractivity contribution in [2.75, 3.05) is 0 Å². The second-order valence-corrected chi connectivity index (χ2v) is 14.9. The van der Waals surface area contributed by atoms with Gasteiger partial charge in [-0.05, 0) is 48.8 Å². The topological polar surface area (TPSA) is 30.5 Å². The molecule has 1 aliphatic heterocycles. The molecule has 24 heavy (non-hydrogen) atoms. The minimum absolute atomic E-state index is 0.0714. The molecule has 0 spiro atoms. The quantitative estimate of drug-likeness (QED) is 0.653. The Hall–Kier alpha value is -0.203. The van der Waals surface area contributed by atoms with Crippen LogP contribution in [0.5, 0.6) is 0 Å². The number of hydroxylamine groups is 1.